The third-order valence-corrected chi connectivity index (χ3v) is 3.57. The van der Waals surface area contributed by atoms with Crippen molar-refractivity contribution in [2.24, 2.45) is 0 Å². The van der Waals surface area contributed by atoms with Crippen LogP contribution in [0, 0.1) is 11.3 Å². The summed E-state index contributed by atoms with van der Waals surface area (Å²) in [6.07, 6.45) is 1.69. The zero-order valence-electron chi connectivity index (χ0n) is 13.7. The lowest BCUT2D eigenvalue weighted by Crippen LogP contribution is -2.24. The molecule has 2 rings (SSSR count). The summed E-state index contributed by atoms with van der Waals surface area (Å²) >= 11 is 0. The number of nitriles is 1. The number of aromatic nitrogens is 1. The fourth-order valence-corrected chi connectivity index (χ4v) is 2.30. The zero-order chi connectivity index (χ0) is 16.8. The highest BCUT2D eigenvalue weighted by molar-refractivity contribution is 5.93. The Morgan fingerprint density at radius 1 is 1.22 bits per heavy atom. The number of hydrogen-bond acceptors (Lipinski definition) is 4. The molecule has 0 saturated heterocycles. The molecule has 0 aliphatic heterocycles. The van der Waals surface area contributed by atoms with Crippen LogP contribution in [0.4, 0.5) is 5.82 Å². The van der Waals surface area contributed by atoms with Gasteiger partial charge in [-0.3, -0.25) is 4.79 Å². The van der Waals surface area contributed by atoms with Gasteiger partial charge in [-0.1, -0.05) is 12.1 Å². The molecule has 5 nitrogen and oxygen atoms in total. The summed E-state index contributed by atoms with van der Waals surface area (Å²) in [6.45, 7) is 3.41. The minimum atomic E-state index is -0.0135. The molecule has 0 spiro atoms. The minimum Gasteiger partial charge on any atom is -0.351 e. The summed E-state index contributed by atoms with van der Waals surface area (Å²) < 4.78 is 0. The Balaban J connectivity index is 2.20. The Labute approximate surface area is 136 Å². The van der Waals surface area contributed by atoms with Gasteiger partial charge in [0.25, 0.3) is 5.91 Å². The molecule has 0 N–H and O–H groups in total. The quantitative estimate of drug-likeness (QED) is 0.852. The maximum absolute atomic E-state index is 11.9. The van der Waals surface area contributed by atoms with Gasteiger partial charge in [0.05, 0.1) is 5.56 Å². The summed E-state index contributed by atoms with van der Waals surface area (Å²) in [7, 11) is 3.47. The molecule has 2 aromatic rings. The van der Waals surface area contributed by atoms with Crippen LogP contribution in [0.5, 0.6) is 0 Å². The average Bonchev–Trinajstić information content (AvgIpc) is 2.59. The van der Waals surface area contributed by atoms with E-state index in [1.54, 1.807) is 37.3 Å². The molecule has 0 aliphatic carbocycles. The summed E-state index contributed by atoms with van der Waals surface area (Å²) in [6, 6.07) is 13.2. The molecule has 1 heterocycles. The van der Waals surface area contributed by atoms with Gasteiger partial charge in [0.1, 0.15) is 11.9 Å². The molecule has 0 unspecified atom stereocenters. The molecule has 5 heteroatoms. The minimum absolute atomic E-state index is 0.0135. The van der Waals surface area contributed by atoms with E-state index < -0.39 is 0 Å². The van der Waals surface area contributed by atoms with Gasteiger partial charge in [-0.05, 0) is 36.8 Å². The number of carbonyl (C=O) groups excluding carboxylic acids is 1. The highest BCUT2D eigenvalue weighted by Crippen LogP contribution is 2.19. The summed E-state index contributed by atoms with van der Waals surface area (Å²) in [5.74, 6) is 0.673. The number of pyridine rings is 1. The molecule has 0 bridgehead atoms. The van der Waals surface area contributed by atoms with E-state index in [2.05, 4.69) is 11.1 Å². The van der Waals surface area contributed by atoms with Crippen LogP contribution in [0.15, 0.2) is 42.6 Å². The van der Waals surface area contributed by atoms with Gasteiger partial charge >= 0.3 is 0 Å². The molecule has 1 aromatic carbocycles. The Hall–Kier alpha value is -2.87. The first-order chi connectivity index (χ1) is 11.1. The van der Waals surface area contributed by atoms with E-state index in [1.165, 1.54) is 0 Å². The number of anilines is 1. The molecular formula is C18H20N4O. The van der Waals surface area contributed by atoms with Crippen LogP contribution in [0.2, 0.25) is 0 Å². The molecule has 1 aromatic heterocycles. The number of amides is 1. The first kappa shape index (κ1) is 16.5. The standard InChI is InChI=1S/C18H20N4O/c1-4-22(17-16(12-19)6-5-11-20-17)13-14-7-9-15(10-8-14)18(23)21(2)3/h5-11H,4,13H2,1-3H3. The van der Waals surface area contributed by atoms with Crippen LogP contribution in [-0.4, -0.2) is 36.4 Å². The van der Waals surface area contributed by atoms with E-state index in [4.69, 9.17) is 0 Å². The Bertz CT molecular complexity index is 717. The van der Waals surface area contributed by atoms with Gasteiger partial charge in [0.15, 0.2) is 0 Å². The average molecular weight is 308 g/mol. The second kappa shape index (κ2) is 7.41. The lowest BCUT2D eigenvalue weighted by atomic mass is 10.1. The molecule has 1 amide bonds. The van der Waals surface area contributed by atoms with E-state index in [0.29, 0.717) is 23.5 Å². The van der Waals surface area contributed by atoms with E-state index >= 15 is 0 Å². The van der Waals surface area contributed by atoms with Crippen molar-refractivity contribution in [2.75, 3.05) is 25.5 Å². The molecule has 23 heavy (non-hydrogen) atoms. The number of benzene rings is 1. The van der Waals surface area contributed by atoms with E-state index in [1.807, 2.05) is 36.1 Å². The smallest absolute Gasteiger partial charge is 0.253 e. The number of rotatable bonds is 5. The van der Waals surface area contributed by atoms with Gasteiger partial charge in [-0.25, -0.2) is 4.98 Å². The Morgan fingerprint density at radius 2 is 1.91 bits per heavy atom. The lowest BCUT2D eigenvalue weighted by Gasteiger charge is -2.23. The number of hydrogen-bond donors (Lipinski definition) is 0. The van der Waals surface area contributed by atoms with Crippen molar-refractivity contribution >= 4 is 11.7 Å². The third-order valence-electron chi connectivity index (χ3n) is 3.57. The lowest BCUT2D eigenvalue weighted by molar-refractivity contribution is 0.0827. The van der Waals surface area contributed by atoms with Crippen LogP contribution < -0.4 is 4.90 Å². The zero-order valence-corrected chi connectivity index (χ0v) is 13.7. The van der Waals surface area contributed by atoms with Gasteiger partial charge in [0, 0.05) is 38.9 Å². The number of carbonyl (C=O) groups is 1. The SMILES string of the molecule is CCN(Cc1ccc(C(=O)N(C)C)cc1)c1ncccc1C#N. The highest BCUT2D eigenvalue weighted by atomic mass is 16.2. The van der Waals surface area contributed by atoms with E-state index in [0.717, 1.165) is 12.1 Å². The molecule has 0 aliphatic rings. The van der Waals surface area contributed by atoms with Crippen molar-refractivity contribution in [1.29, 1.82) is 5.26 Å². The van der Waals surface area contributed by atoms with Crippen LogP contribution in [-0.2, 0) is 6.54 Å². The third kappa shape index (κ3) is 3.86. The van der Waals surface area contributed by atoms with Crippen molar-refractivity contribution in [3.8, 4) is 6.07 Å². The second-order valence-electron chi connectivity index (χ2n) is 5.40. The monoisotopic (exact) mass is 308 g/mol. The van der Waals surface area contributed by atoms with Gasteiger partial charge in [-0.2, -0.15) is 5.26 Å². The van der Waals surface area contributed by atoms with Crippen molar-refractivity contribution in [3.63, 3.8) is 0 Å². The van der Waals surface area contributed by atoms with Crippen LogP contribution in [0.1, 0.15) is 28.4 Å². The first-order valence-corrected chi connectivity index (χ1v) is 7.47. The van der Waals surface area contributed by atoms with E-state index in [-0.39, 0.29) is 5.91 Å². The highest BCUT2D eigenvalue weighted by Gasteiger charge is 2.12. The van der Waals surface area contributed by atoms with Crippen molar-refractivity contribution in [3.05, 3.63) is 59.3 Å². The predicted octanol–water partition coefficient (Wildman–Crippen LogP) is 2.68. The maximum atomic E-state index is 11.9. The molecule has 118 valence electrons. The van der Waals surface area contributed by atoms with Crippen molar-refractivity contribution in [2.45, 2.75) is 13.5 Å². The fourth-order valence-electron chi connectivity index (χ4n) is 2.30. The largest absolute Gasteiger partial charge is 0.351 e. The molecule has 0 radical (unpaired) electrons. The Morgan fingerprint density at radius 3 is 2.48 bits per heavy atom. The number of nitrogens with zero attached hydrogens (tertiary/aromatic N) is 4. The second-order valence-corrected chi connectivity index (χ2v) is 5.40. The topological polar surface area (TPSA) is 60.2 Å². The molecule has 0 fully saturated rings. The Kier molecular flexibility index (Phi) is 5.32. The van der Waals surface area contributed by atoms with Crippen LogP contribution >= 0.6 is 0 Å². The molecule has 0 saturated carbocycles. The van der Waals surface area contributed by atoms with Gasteiger partial charge in [0.2, 0.25) is 0 Å². The predicted molar refractivity (Wildman–Crippen MR) is 90.1 cm³/mol. The summed E-state index contributed by atoms with van der Waals surface area (Å²) in [4.78, 5) is 19.8. The van der Waals surface area contributed by atoms with Gasteiger partial charge < -0.3 is 9.80 Å². The van der Waals surface area contributed by atoms with Crippen molar-refractivity contribution < 1.29 is 4.79 Å². The van der Waals surface area contributed by atoms with Gasteiger partial charge in [-0.15, -0.1) is 0 Å². The van der Waals surface area contributed by atoms with Crippen LogP contribution in [0.3, 0.4) is 0 Å². The summed E-state index contributed by atoms with van der Waals surface area (Å²) in [5, 5.41) is 9.22. The maximum Gasteiger partial charge on any atom is 0.253 e. The first-order valence-electron chi connectivity index (χ1n) is 7.47. The van der Waals surface area contributed by atoms with E-state index in [9.17, 15) is 10.1 Å². The fraction of sp³-hybridized carbons (Fsp3) is 0.278. The van der Waals surface area contributed by atoms with Crippen LogP contribution in [0.25, 0.3) is 0 Å². The molecular weight excluding hydrogens is 288 g/mol. The molecule has 0 atom stereocenters. The van der Waals surface area contributed by atoms with Crippen molar-refractivity contribution in [1.82, 2.24) is 9.88 Å². The summed E-state index contributed by atoms with van der Waals surface area (Å²) in [5.41, 5.74) is 2.29. The normalized spacial score (nSPS) is 10.0.